The third-order valence-corrected chi connectivity index (χ3v) is 7.72. The molecule has 3 atom stereocenters. The summed E-state index contributed by atoms with van der Waals surface area (Å²) >= 11 is 5.96. The van der Waals surface area contributed by atoms with Crippen molar-refractivity contribution in [3.05, 3.63) is 27.4 Å². The van der Waals surface area contributed by atoms with Gasteiger partial charge in [0.05, 0.1) is 36.0 Å². The first-order chi connectivity index (χ1) is 14.1. The molecule has 9 nitrogen and oxygen atoms in total. The van der Waals surface area contributed by atoms with Crippen LogP contribution in [-0.4, -0.2) is 64.2 Å². The number of benzene rings is 1. The van der Waals surface area contributed by atoms with Gasteiger partial charge in [0, 0.05) is 23.8 Å². The van der Waals surface area contributed by atoms with Crippen LogP contribution in [0.1, 0.15) is 59.0 Å². The molecular weight excluding hydrogens is 735 g/mol. The summed E-state index contributed by atoms with van der Waals surface area (Å²) in [7, 11) is 0. The molecule has 0 heterocycles. The molecule has 0 radical (unpaired) electrons. The summed E-state index contributed by atoms with van der Waals surface area (Å²) in [5.41, 5.74) is 3.36. The molecule has 30 heavy (non-hydrogen) atoms. The fourth-order valence-corrected chi connectivity index (χ4v) is 7.45. The van der Waals surface area contributed by atoms with Gasteiger partial charge in [-0.1, -0.05) is 13.8 Å². The van der Waals surface area contributed by atoms with Crippen molar-refractivity contribution in [2.45, 2.75) is 44.9 Å². The molecular formula is C18H26I3N3O6. The van der Waals surface area contributed by atoms with Crippen molar-refractivity contribution in [1.82, 2.24) is 16.1 Å². The van der Waals surface area contributed by atoms with Crippen LogP contribution in [0.25, 0.3) is 0 Å². The molecule has 0 spiro atoms. The maximum atomic E-state index is 12.9. The Morgan fingerprint density at radius 1 is 0.867 bits per heavy atom. The number of hydrogen-bond donors (Lipinski definition) is 7. The number of aliphatic hydroxyl groups is 3. The van der Waals surface area contributed by atoms with Gasteiger partial charge in [-0.05, 0) is 86.2 Å². The Bertz CT molecular complexity index is 708. The van der Waals surface area contributed by atoms with Crippen molar-refractivity contribution in [1.29, 1.82) is 0 Å². The zero-order valence-corrected chi connectivity index (χ0v) is 23.0. The molecule has 170 valence electrons. The van der Waals surface area contributed by atoms with Gasteiger partial charge in [-0.25, -0.2) is 0 Å². The summed E-state index contributed by atoms with van der Waals surface area (Å²) in [6, 6.07) is -0.511. The van der Waals surface area contributed by atoms with Gasteiger partial charge in [0.2, 0.25) is 0 Å². The van der Waals surface area contributed by atoms with Crippen molar-refractivity contribution in [2.75, 3.05) is 19.7 Å². The zero-order chi connectivity index (χ0) is 23.0. The second-order valence-corrected chi connectivity index (χ2v) is 9.75. The van der Waals surface area contributed by atoms with Crippen LogP contribution in [0.3, 0.4) is 0 Å². The van der Waals surface area contributed by atoms with Gasteiger partial charge in [-0.15, -0.1) is 0 Å². The lowest BCUT2D eigenvalue weighted by molar-refractivity contribution is 0.0800. The number of amides is 2. The Labute approximate surface area is 216 Å². The van der Waals surface area contributed by atoms with Gasteiger partial charge in [-0.3, -0.25) is 9.59 Å². The highest BCUT2D eigenvalue weighted by Crippen LogP contribution is 2.36. The summed E-state index contributed by atoms with van der Waals surface area (Å²) < 4.78 is 1.57. The van der Waals surface area contributed by atoms with Crippen LogP contribution >= 0.6 is 67.8 Å². The lowest BCUT2D eigenvalue weighted by atomic mass is 9.98. The average molecular weight is 761 g/mol. The van der Waals surface area contributed by atoms with Gasteiger partial charge < -0.3 is 31.2 Å². The second-order valence-electron chi connectivity index (χ2n) is 6.51. The minimum atomic E-state index is -1.10. The summed E-state index contributed by atoms with van der Waals surface area (Å²) in [5.74, 6) is -0.949. The first-order valence-corrected chi connectivity index (χ1v) is 12.5. The number of hydrogen-bond acceptors (Lipinski definition) is 7. The van der Waals surface area contributed by atoms with E-state index in [1.165, 1.54) is 0 Å². The molecule has 1 aromatic rings. The van der Waals surface area contributed by atoms with Crippen molar-refractivity contribution < 1.29 is 30.1 Å². The van der Waals surface area contributed by atoms with E-state index in [0.717, 1.165) is 0 Å². The van der Waals surface area contributed by atoms with Crippen LogP contribution in [0.15, 0.2) is 0 Å². The van der Waals surface area contributed by atoms with E-state index in [0.29, 0.717) is 29.1 Å². The Balaban J connectivity index is 3.54. The molecule has 3 unspecified atom stereocenters. The van der Waals surface area contributed by atoms with E-state index < -0.39 is 36.7 Å². The van der Waals surface area contributed by atoms with Crippen molar-refractivity contribution in [3.63, 3.8) is 0 Å². The number of hydroxylamine groups is 1. The Kier molecular flexibility index (Phi) is 12.8. The smallest absolute Gasteiger partial charge is 0.253 e. The number of nitrogens with one attached hydrogen (secondary N) is 3. The van der Waals surface area contributed by atoms with E-state index >= 15 is 0 Å². The van der Waals surface area contributed by atoms with Crippen LogP contribution in [0, 0.1) is 10.7 Å². The first kappa shape index (κ1) is 28.2. The van der Waals surface area contributed by atoms with E-state index in [1.54, 1.807) is 6.92 Å². The highest BCUT2D eigenvalue weighted by Gasteiger charge is 2.30. The molecule has 1 aromatic carbocycles. The maximum Gasteiger partial charge on any atom is 0.253 e. The minimum Gasteiger partial charge on any atom is -0.394 e. The molecule has 0 aliphatic carbocycles. The SMILES string of the molecule is CCC(O)CNC(=O)c1c(I)c(C(=O)NCC(O)CO)c(I)c(C(CC)NO)c1I. The fourth-order valence-electron chi connectivity index (χ4n) is 2.55. The molecule has 0 aliphatic heterocycles. The molecule has 7 N–H and O–H groups in total. The monoisotopic (exact) mass is 761 g/mol. The third kappa shape index (κ3) is 7.08. The van der Waals surface area contributed by atoms with Crippen LogP contribution in [0.2, 0.25) is 0 Å². The summed E-state index contributed by atoms with van der Waals surface area (Å²) in [6.07, 6.45) is -0.797. The molecule has 0 bridgehead atoms. The standard InChI is InChI=1S/C18H26I3N3O6/c1-3-8(26)5-22-17(28)12-14(19)11(10(4-2)24-30)15(20)13(16(12)21)18(29)23-6-9(27)7-25/h8-10,24-27,30H,3-7H2,1-2H3,(H,22,28)(H,23,29). The number of carbonyl (C=O) groups excluding carboxylic acids is 2. The molecule has 12 heteroatoms. The van der Waals surface area contributed by atoms with Crippen molar-refractivity contribution in [3.8, 4) is 0 Å². The van der Waals surface area contributed by atoms with Crippen LogP contribution in [0.4, 0.5) is 0 Å². The topological polar surface area (TPSA) is 151 Å². The van der Waals surface area contributed by atoms with Gasteiger partial charge in [0.1, 0.15) is 0 Å². The van der Waals surface area contributed by atoms with Crippen LogP contribution in [-0.2, 0) is 0 Å². The number of halogens is 3. The zero-order valence-electron chi connectivity index (χ0n) is 16.5. The average Bonchev–Trinajstić information content (AvgIpc) is 2.72. The van der Waals surface area contributed by atoms with E-state index in [2.05, 4.69) is 16.1 Å². The summed E-state index contributed by atoms with van der Waals surface area (Å²) in [5, 5.41) is 43.2. The number of carbonyl (C=O) groups is 2. The van der Waals surface area contributed by atoms with Crippen molar-refractivity contribution in [2.24, 2.45) is 0 Å². The molecule has 0 aliphatic rings. The fraction of sp³-hybridized carbons (Fsp3) is 0.556. The van der Waals surface area contributed by atoms with Gasteiger partial charge in [0.15, 0.2) is 0 Å². The largest absolute Gasteiger partial charge is 0.394 e. The maximum absolute atomic E-state index is 12.9. The molecule has 2 amide bonds. The second kappa shape index (κ2) is 13.6. The van der Waals surface area contributed by atoms with Crippen molar-refractivity contribution >= 4 is 79.6 Å². The Hall–Kier alpha value is 0.150. The van der Waals surface area contributed by atoms with Gasteiger partial charge in [0.25, 0.3) is 11.8 Å². The van der Waals surface area contributed by atoms with Crippen LogP contribution < -0.4 is 16.1 Å². The normalized spacial score (nSPS) is 14.2. The predicted molar refractivity (Wildman–Crippen MR) is 137 cm³/mol. The Morgan fingerprint density at radius 3 is 1.70 bits per heavy atom. The van der Waals surface area contributed by atoms with Gasteiger partial charge in [-0.2, -0.15) is 5.48 Å². The lowest BCUT2D eigenvalue weighted by Crippen LogP contribution is -2.37. The van der Waals surface area contributed by atoms with Gasteiger partial charge >= 0.3 is 0 Å². The summed E-state index contributed by atoms with van der Waals surface area (Å²) in [6.45, 7) is 3.08. The third-order valence-electron chi connectivity index (χ3n) is 4.40. The highest BCUT2D eigenvalue weighted by atomic mass is 127. The first-order valence-electron chi connectivity index (χ1n) is 9.27. The molecule has 0 fully saturated rings. The number of aliphatic hydroxyl groups excluding tert-OH is 3. The van der Waals surface area contributed by atoms with E-state index in [-0.39, 0.29) is 24.2 Å². The lowest BCUT2D eigenvalue weighted by Gasteiger charge is -2.23. The molecule has 0 saturated carbocycles. The van der Waals surface area contributed by atoms with Crippen LogP contribution in [0.5, 0.6) is 0 Å². The number of rotatable bonds is 11. The molecule has 1 rings (SSSR count). The van der Waals surface area contributed by atoms with E-state index in [4.69, 9.17) is 5.11 Å². The highest BCUT2D eigenvalue weighted by molar-refractivity contribution is 14.1. The molecule has 0 saturated heterocycles. The molecule has 0 aromatic heterocycles. The minimum absolute atomic E-state index is 0.0719. The van der Waals surface area contributed by atoms with E-state index in [9.17, 15) is 25.0 Å². The quantitative estimate of drug-likeness (QED) is 0.134. The van der Waals surface area contributed by atoms with E-state index in [1.807, 2.05) is 74.7 Å². The Morgan fingerprint density at radius 2 is 1.33 bits per heavy atom. The predicted octanol–water partition coefficient (Wildman–Crippen LogP) is 1.51. The summed E-state index contributed by atoms with van der Waals surface area (Å²) in [4.78, 5) is 25.8.